The number of esters is 2. The molecule has 732 valence electrons. The molecule has 5 aromatic rings. The zero-order valence-electron chi connectivity index (χ0n) is 78.3. The summed E-state index contributed by atoms with van der Waals surface area (Å²) in [6.45, 7) is 42.6. The molecule has 131 heavy (non-hydrogen) atoms. The van der Waals surface area contributed by atoms with E-state index in [1.807, 2.05) is 118 Å². The third kappa shape index (κ3) is 36.8. The Morgan fingerprint density at radius 1 is 0.412 bits per heavy atom. The van der Waals surface area contributed by atoms with Crippen LogP contribution in [-0.4, -0.2) is 243 Å². The number of nitrogen functional groups attached to an aromatic ring is 1. The lowest BCUT2D eigenvalue weighted by molar-refractivity contribution is -0.0502. The van der Waals surface area contributed by atoms with E-state index in [2.05, 4.69) is 61.2 Å². The molecule has 5 saturated heterocycles. The third-order valence-electron chi connectivity index (χ3n) is 19.9. The molecule has 0 aliphatic carbocycles. The fourth-order valence-electron chi connectivity index (χ4n) is 13.4. The lowest BCUT2D eigenvalue weighted by atomic mass is 9.90. The molecule has 0 aromatic carbocycles. The van der Waals surface area contributed by atoms with Gasteiger partial charge in [0, 0.05) is 93.0 Å². The molecule has 33 nitrogen and oxygen atoms in total. The highest BCUT2D eigenvalue weighted by Gasteiger charge is 2.50. The maximum absolute atomic E-state index is 12.2. The van der Waals surface area contributed by atoms with Gasteiger partial charge in [-0.2, -0.15) is 21.6 Å². The fraction of sp³-hybridized carbons (Fsp3) is 0.621. The summed E-state index contributed by atoms with van der Waals surface area (Å²) >= 11 is 32.4. The van der Waals surface area contributed by atoms with E-state index in [0.29, 0.717) is 166 Å². The summed E-state index contributed by atoms with van der Waals surface area (Å²) in [5.74, 6) is -3.33. The number of sulfonamides is 1. The van der Waals surface area contributed by atoms with Crippen LogP contribution >= 0.6 is 80.6 Å². The van der Waals surface area contributed by atoms with Crippen molar-refractivity contribution >= 4 is 160 Å². The van der Waals surface area contributed by atoms with E-state index in [-0.39, 0.29) is 76.0 Å². The second-order valence-electron chi connectivity index (χ2n) is 36.7. The minimum atomic E-state index is -5.96. The average molecular weight is 2100 g/mol. The Balaban J connectivity index is 0.000000281. The normalized spacial score (nSPS) is 16.0. The van der Waals surface area contributed by atoms with Gasteiger partial charge in [-0.15, -0.1) is 0 Å². The molecule has 0 spiro atoms. The standard InChI is InChI=1S/C18H25ClN2O4.C17H26ClN3O4S.C17H23ClN2O4.C16H24ClN3O2.C10H18INO2.C9H7ClF3NO5S/c1-11-14(19)10-13(16(22)24-5)15(20-11)12-6-8-21(9-7-12)17(23)25-18(2,3)4;1-11-13(18)10-14(20-26(5,23)24)15(19-11)12-6-8-21(9-7-12)16(22)25-17(2,3)4;1-10-13(18)9-12(15(21)22)14(19-10)11-5-7-20(8-6-11)16(23)24-17(2,3)4;1-10-12(17)9-13(18)14(19-10)11-5-7-20(8-6-11)15(21)22-16(2,3)4;1-10(2,3)14-9(13)12-6-4-8(11)5-7-12;1-4-6(10)3-5(8(15)18-2)7(14-4)19-20(16,17)9(11,12)13/h10,12H,6-9H2,1-5H3;10,12,20H,6-9H2,1-5H3;9,11H,5-8H2,1-4H3,(H,21,22);9,11H,5-8,18H2,1-4H3;8H,4-7H2,1-3H3;3H,1-2H3. The summed E-state index contributed by atoms with van der Waals surface area (Å²) in [4.78, 5) is 125. The molecule has 0 radical (unpaired) electrons. The number of carboxylic acid groups (broad SMARTS) is 1. The van der Waals surface area contributed by atoms with Gasteiger partial charge in [0.1, 0.15) is 33.6 Å². The number of amides is 5. The van der Waals surface area contributed by atoms with Gasteiger partial charge in [-0.05, 0) is 233 Å². The molecule has 0 saturated carbocycles. The predicted octanol–water partition coefficient (Wildman–Crippen LogP) is 19.9. The number of nitrogens with one attached hydrogen (secondary N) is 1. The molecule has 10 heterocycles. The average Bonchev–Trinajstić information content (AvgIpc) is 0.687. The van der Waals surface area contributed by atoms with Crippen molar-refractivity contribution in [3.8, 4) is 5.88 Å². The first-order valence-corrected chi connectivity index (χ1v) is 48.6. The molecule has 44 heteroatoms. The van der Waals surface area contributed by atoms with Gasteiger partial charge >= 0.3 is 64.0 Å². The number of carbonyl (C=O) groups excluding carboxylic acids is 7. The van der Waals surface area contributed by atoms with Gasteiger partial charge in [-0.1, -0.05) is 80.6 Å². The number of likely N-dealkylation sites (tertiary alicyclic amines) is 5. The van der Waals surface area contributed by atoms with Crippen LogP contribution in [0.4, 0.5) is 48.5 Å². The highest BCUT2D eigenvalue weighted by atomic mass is 127. The molecule has 5 aliphatic heterocycles. The molecule has 5 aliphatic rings. The summed E-state index contributed by atoms with van der Waals surface area (Å²) in [5, 5.41) is 11.1. The molecule has 10 rings (SSSR count). The van der Waals surface area contributed by atoms with Gasteiger partial charge in [-0.3, -0.25) is 24.7 Å². The number of nitrogens with zero attached hydrogens (tertiary/aromatic N) is 10. The summed E-state index contributed by atoms with van der Waals surface area (Å²) in [5.41, 5.74) is 4.42. The summed E-state index contributed by atoms with van der Waals surface area (Å²) < 4.78 is 125. The van der Waals surface area contributed by atoms with Crippen molar-refractivity contribution in [1.82, 2.24) is 49.4 Å². The Labute approximate surface area is 804 Å². The van der Waals surface area contributed by atoms with E-state index < -0.39 is 77.4 Å². The second-order valence-corrected chi connectivity index (χ2v) is 43.7. The minimum Gasteiger partial charge on any atom is -0.478 e. The van der Waals surface area contributed by atoms with E-state index >= 15 is 0 Å². The number of piperidine rings is 5. The van der Waals surface area contributed by atoms with Crippen LogP contribution in [0.25, 0.3) is 0 Å². The number of halogens is 9. The lowest BCUT2D eigenvalue weighted by Crippen LogP contribution is -2.41. The number of hydrogen-bond donors (Lipinski definition) is 3. The number of anilines is 2. The zero-order valence-corrected chi connectivity index (χ0v) is 85.9. The number of rotatable bonds is 11. The van der Waals surface area contributed by atoms with Gasteiger partial charge in [0.05, 0.1) is 119 Å². The van der Waals surface area contributed by atoms with Gasteiger partial charge in [0.15, 0.2) is 0 Å². The molecule has 0 unspecified atom stereocenters. The monoisotopic (exact) mass is 2090 g/mol. The number of methoxy groups -OCH3 is 2. The van der Waals surface area contributed by atoms with Crippen LogP contribution < -0.4 is 14.6 Å². The predicted molar refractivity (Wildman–Crippen MR) is 502 cm³/mol. The number of aromatic nitrogens is 5. The Morgan fingerprint density at radius 2 is 0.664 bits per heavy atom. The number of nitrogens with two attached hydrogens (primary N) is 1. The summed E-state index contributed by atoms with van der Waals surface area (Å²) in [7, 11) is -7.12. The SMILES string of the molecule is CC(C)(C)OC(=O)N1CCC(I)CC1.COC(=O)c1cc(Cl)c(C)nc1C1CCN(C(=O)OC(C)(C)C)CC1.COC(=O)c1cc(Cl)c(C)nc1OS(=O)(=O)C(F)(F)F.Cc1nc(C2CCN(C(=O)OC(C)(C)C)CC2)c(C(=O)O)cc1Cl.Cc1nc(C2CCN(C(=O)OC(C)(C)C)CC2)c(N)cc1Cl.Cc1nc(C2CCN(C(=O)OC(C)(C)C)CC2)c(NS(C)(=O)=O)cc1Cl. The Hall–Kier alpha value is -8.22. The quantitative estimate of drug-likeness (QED) is 0.0276. The van der Waals surface area contributed by atoms with E-state index in [1.54, 1.807) is 56.5 Å². The maximum Gasteiger partial charge on any atom is 0.534 e. The van der Waals surface area contributed by atoms with Gasteiger partial charge in [0.25, 0.3) is 0 Å². The number of aryl methyl sites for hydroxylation is 5. The Bertz CT molecular complexity index is 5090. The van der Waals surface area contributed by atoms with Crippen LogP contribution in [0.3, 0.4) is 0 Å². The molecule has 4 N–H and O–H groups in total. The molecular weight excluding hydrogens is 1970 g/mol. The number of ether oxygens (including phenoxy) is 7. The molecule has 0 atom stereocenters. The van der Waals surface area contributed by atoms with Gasteiger partial charge in [0.2, 0.25) is 15.9 Å². The highest BCUT2D eigenvalue weighted by Crippen LogP contribution is 2.40. The summed E-state index contributed by atoms with van der Waals surface area (Å²) in [6.07, 6.45) is 7.59. The molecule has 5 fully saturated rings. The van der Waals surface area contributed by atoms with Crippen LogP contribution in [0.5, 0.6) is 5.88 Å². The first-order valence-electron chi connectivity index (χ1n) is 42.1. The van der Waals surface area contributed by atoms with Crippen molar-refractivity contribution in [1.29, 1.82) is 0 Å². The van der Waals surface area contributed by atoms with Crippen molar-refractivity contribution in [3.05, 3.63) is 123 Å². The van der Waals surface area contributed by atoms with Crippen molar-refractivity contribution in [2.45, 2.75) is 264 Å². The number of carboxylic acids is 1. The molecule has 5 amide bonds. The van der Waals surface area contributed by atoms with Crippen LogP contribution in [0.15, 0.2) is 30.3 Å². The fourth-order valence-corrected chi connectivity index (χ4v) is 15.7. The largest absolute Gasteiger partial charge is 0.534 e. The van der Waals surface area contributed by atoms with Gasteiger partial charge < -0.3 is 72.7 Å². The van der Waals surface area contributed by atoms with Crippen molar-refractivity contribution < 1.29 is 111 Å². The van der Waals surface area contributed by atoms with Crippen molar-refractivity contribution in [3.63, 3.8) is 0 Å². The van der Waals surface area contributed by atoms with Gasteiger partial charge in [-0.25, -0.2) is 51.8 Å². The first kappa shape index (κ1) is 113. The molecular formula is C87H123Cl5F3IN12O21S2. The Kier molecular flexibility index (Phi) is 41.3. The zero-order chi connectivity index (χ0) is 99.5. The third-order valence-corrected chi connectivity index (χ3v) is 24.6. The second kappa shape index (κ2) is 47.8. The van der Waals surface area contributed by atoms with Crippen LogP contribution in [0.1, 0.15) is 274 Å². The van der Waals surface area contributed by atoms with E-state index in [9.17, 15) is 73.5 Å². The minimum absolute atomic E-state index is 0.00856. The van der Waals surface area contributed by atoms with E-state index in [4.69, 9.17) is 92.2 Å². The number of carbonyl (C=O) groups is 8. The topological polar surface area (TPSA) is 418 Å². The highest BCUT2D eigenvalue weighted by molar-refractivity contribution is 14.1. The number of hydrogen-bond acceptors (Lipinski definition) is 26. The van der Waals surface area contributed by atoms with E-state index in [1.165, 1.54) is 20.1 Å². The number of pyridine rings is 5. The lowest BCUT2D eigenvalue weighted by Gasteiger charge is -2.33. The van der Waals surface area contributed by atoms with Crippen LogP contribution in [-0.2, 0) is 53.3 Å². The summed E-state index contributed by atoms with van der Waals surface area (Å²) in [6, 6.07) is 7.34. The Morgan fingerprint density at radius 3 is 0.969 bits per heavy atom. The number of alkyl halides is 4. The molecule has 0 bridgehead atoms. The smallest absolute Gasteiger partial charge is 0.478 e. The molecule has 5 aromatic heterocycles. The van der Waals surface area contributed by atoms with Crippen molar-refractivity contribution in [2.24, 2.45) is 0 Å². The van der Waals surface area contributed by atoms with Crippen LogP contribution in [0.2, 0.25) is 25.1 Å². The van der Waals surface area contributed by atoms with Crippen molar-refractivity contribution in [2.75, 3.05) is 96.4 Å². The van der Waals surface area contributed by atoms with Crippen LogP contribution in [0, 0.1) is 34.6 Å². The maximum atomic E-state index is 12.2. The first-order chi connectivity index (χ1) is 60.1. The number of aromatic carboxylic acids is 1. The van der Waals surface area contributed by atoms with E-state index in [0.717, 1.165) is 69.6 Å².